The standard InChI is InChI=1S/C28H28N4O6/c1-19(33)21-9-5-7-11-23(21)37-25(35)13-15-27(3,17-29)31-32-28(4,18-30)16-14-26(36)38-24-12-8-6-10-22(24)20(2)34/h5-12H,13-16H2,1-4H3. The first-order valence-electron chi connectivity index (χ1n) is 11.8. The lowest BCUT2D eigenvalue weighted by Crippen LogP contribution is -2.26. The van der Waals surface area contributed by atoms with Crippen LogP contribution in [-0.4, -0.2) is 34.6 Å². The highest BCUT2D eigenvalue weighted by molar-refractivity contribution is 5.98. The summed E-state index contributed by atoms with van der Waals surface area (Å²) in [5.41, 5.74) is -2.37. The van der Waals surface area contributed by atoms with E-state index in [9.17, 15) is 29.7 Å². The Labute approximate surface area is 220 Å². The first-order valence-corrected chi connectivity index (χ1v) is 11.8. The summed E-state index contributed by atoms with van der Waals surface area (Å²) in [6.45, 7) is 5.63. The molecular formula is C28H28N4O6. The van der Waals surface area contributed by atoms with Crippen molar-refractivity contribution in [3.63, 3.8) is 0 Å². The van der Waals surface area contributed by atoms with E-state index in [-0.39, 0.29) is 59.9 Å². The van der Waals surface area contributed by atoms with Crippen molar-refractivity contribution >= 4 is 23.5 Å². The molecule has 10 nitrogen and oxygen atoms in total. The van der Waals surface area contributed by atoms with Gasteiger partial charge in [0.15, 0.2) is 22.6 Å². The highest BCUT2D eigenvalue weighted by atomic mass is 16.5. The van der Waals surface area contributed by atoms with E-state index < -0.39 is 23.0 Å². The van der Waals surface area contributed by atoms with E-state index in [4.69, 9.17) is 9.47 Å². The van der Waals surface area contributed by atoms with Crippen LogP contribution >= 0.6 is 0 Å². The number of ether oxygens (including phenoxy) is 2. The van der Waals surface area contributed by atoms with Gasteiger partial charge in [-0.3, -0.25) is 19.2 Å². The van der Waals surface area contributed by atoms with Crippen LogP contribution in [-0.2, 0) is 9.59 Å². The monoisotopic (exact) mass is 516 g/mol. The summed E-state index contributed by atoms with van der Waals surface area (Å²) in [4.78, 5) is 48.2. The molecule has 0 aromatic heterocycles. The Morgan fingerprint density at radius 2 is 1.05 bits per heavy atom. The molecule has 10 heteroatoms. The molecule has 196 valence electrons. The van der Waals surface area contributed by atoms with E-state index in [1.807, 2.05) is 12.1 Å². The van der Waals surface area contributed by atoms with Gasteiger partial charge in [0.2, 0.25) is 0 Å². The zero-order chi connectivity index (χ0) is 28.3. The molecule has 2 aromatic carbocycles. The lowest BCUT2D eigenvalue weighted by molar-refractivity contribution is -0.135. The first kappa shape index (κ1) is 29.5. The molecular weight excluding hydrogens is 488 g/mol. The van der Waals surface area contributed by atoms with Gasteiger partial charge in [-0.25, -0.2) is 0 Å². The fraction of sp³-hybridized carbons (Fsp3) is 0.357. The van der Waals surface area contributed by atoms with E-state index in [0.29, 0.717) is 0 Å². The Morgan fingerprint density at radius 1 is 0.711 bits per heavy atom. The Bertz CT molecular complexity index is 1240. The number of benzene rings is 2. The molecule has 0 amide bonds. The molecule has 0 heterocycles. The largest absolute Gasteiger partial charge is 0.426 e. The van der Waals surface area contributed by atoms with Gasteiger partial charge in [0.25, 0.3) is 0 Å². The minimum absolute atomic E-state index is 0.0561. The van der Waals surface area contributed by atoms with Crippen LogP contribution in [0.1, 0.15) is 74.1 Å². The average Bonchev–Trinajstić information content (AvgIpc) is 2.90. The molecule has 2 aromatic rings. The second-order valence-corrected chi connectivity index (χ2v) is 9.02. The van der Waals surface area contributed by atoms with Crippen molar-refractivity contribution in [1.82, 2.24) is 0 Å². The molecule has 0 radical (unpaired) electrons. The third kappa shape index (κ3) is 8.45. The third-order valence-electron chi connectivity index (χ3n) is 5.59. The molecule has 0 saturated heterocycles. The van der Waals surface area contributed by atoms with Crippen molar-refractivity contribution in [1.29, 1.82) is 10.5 Å². The summed E-state index contributed by atoms with van der Waals surface area (Å²) in [6, 6.07) is 16.6. The van der Waals surface area contributed by atoms with Crippen molar-refractivity contribution in [3.05, 3.63) is 59.7 Å². The lowest BCUT2D eigenvalue weighted by Gasteiger charge is -2.19. The first-order chi connectivity index (χ1) is 17.9. The predicted molar refractivity (Wildman–Crippen MR) is 136 cm³/mol. The zero-order valence-electron chi connectivity index (χ0n) is 21.7. The molecule has 0 aliphatic carbocycles. The fourth-order valence-corrected chi connectivity index (χ4v) is 3.21. The van der Waals surface area contributed by atoms with E-state index in [0.717, 1.165) is 0 Å². The van der Waals surface area contributed by atoms with Gasteiger partial charge in [-0.15, -0.1) is 0 Å². The zero-order valence-corrected chi connectivity index (χ0v) is 21.7. The molecule has 0 bridgehead atoms. The molecule has 0 aliphatic rings. The minimum atomic E-state index is -1.45. The maximum Gasteiger partial charge on any atom is 0.311 e. The third-order valence-corrected chi connectivity index (χ3v) is 5.59. The number of hydrogen-bond donors (Lipinski definition) is 0. The van der Waals surface area contributed by atoms with E-state index in [1.165, 1.54) is 39.8 Å². The summed E-state index contributed by atoms with van der Waals surface area (Å²) in [5, 5.41) is 27.3. The Hall–Kier alpha value is -4.70. The van der Waals surface area contributed by atoms with Crippen molar-refractivity contribution in [2.45, 2.75) is 64.5 Å². The second kappa shape index (κ2) is 13.0. The van der Waals surface area contributed by atoms with Gasteiger partial charge < -0.3 is 9.47 Å². The lowest BCUT2D eigenvalue weighted by atomic mass is 9.97. The quantitative estimate of drug-likeness (QED) is 0.161. The van der Waals surface area contributed by atoms with Crippen molar-refractivity contribution in [3.8, 4) is 23.6 Å². The van der Waals surface area contributed by atoms with Crippen LogP contribution in [0.15, 0.2) is 58.8 Å². The smallest absolute Gasteiger partial charge is 0.311 e. The number of carbonyl (C=O) groups is 4. The van der Waals surface area contributed by atoms with E-state index >= 15 is 0 Å². The maximum atomic E-state index is 12.4. The summed E-state index contributed by atoms with van der Waals surface area (Å²) in [6.07, 6.45) is -0.500. The Morgan fingerprint density at radius 3 is 1.37 bits per heavy atom. The van der Waals surface area contributed by atoms with Gasteiger partial charge in [0.1, 0.15) is 11.5 Å². The maximum absolute atomic E-state index is 12.4. The minimum Gasteiger partial charge on any atom is -0.426 e. The molecule has 0 N–H and O–H groups in total. The summed E-state index contributed by atoms with van der Waals surface area (Å²) < 4.78 is 10.6. The molecule has 0 fully saturated rings. The highest BCUT2D eigenvalue weighted by Crippen LogP contribution is 2.26. The molecule has 2 atom stereocenters. The molecule has 2 rings (SSSR count). The SMILES string of the molecule is CC(=O)c1ccccc1OC(=O)CCC(C)(C#N)N=NC(C)(C#N)CCC(=O)Oc1ccccc1C(C)=O. The van der Waals surface area contributed by atoms with Crippen LogP contribution in [0.2, 0.25) is 0 Å². The highest BCUT2D eigenvalue weighted by Gasteiger charge is 2.30. The number of esters is 2. The number of ketones is 2. The van der Waals surface area contributed by atoms with Gasteiger partial charge in [-0.05, 0) is 64.8 Å². The number of azo groups is 1. The van der Waals surface area contributed by atoms with Crippen LogP contribution in [0.25, 0.3) is 0 Å². The molecule has 0 saturated carbocycles. The fourth-order valence-electron chi connectivity index (χ4n) is 3.21. The van der Waals surface area contributed by atoms with Crippen LogP contribution in [0.4, 0.5) is 0 Å². The number of Topliss-reactive ketones (excluding diaryl/α,β-unsaturated/α-hetero) is 2. The van der Waals surface area contributed by atoms with Crippen molar-refractivity contribution < 1.29 is 28.7 Å². The number of para-hydroxylation sites is 2. The van der Waals surface area contributed by atoms with Crippen LogP contribution < -0.4 is 9.47 Å². The molecule has 0 aliphatic heterocycles. The van der Waals surface area contributed by atoms with Gasteiger partial charge in [-0.2, -0.15) is 20.8 Å². The number of nitriles is 2. The summed E-state index contributed by atoms with van der Waals surface area (Å²) >= 11 is 0. The van der Waals surface area contributed by atoms with Crippen LogP contribution in [0.3, 0.4) is 0 Å². The summed E-state index contributed by atoms with van der Waals surface area (Å²) in [7, 11) is 0. The number of rotatable bonds is 12. The predicted octanol–water partition coefficient (Wildman–Crippen LogP) is 5.18. The molecule has 2 unspecified atom stereocenters. The second-order valence-electron chi connectivity index (χ2n) is 9.02. The van der Waals surface area contributed by atoms with Gasteiger partial charge in [0.05, 0.1) is 23.3 Å². The normalized spacial score (nSPS) is 13.8. The van der Waals surface area contributed by atoms with Crippen LogP contribution in [0.5, 0.6) is 11.5 Å². The summed E-state index contributed by atoms with van der Waals surface area (Å²) in [5.74, 6) is -1.59. The topological polar surface area (TPSA) is 159 Å². The van der Waals surface area contributed by atoms with Gasteiger partial charge in [-0.1, -0.05) is 24.3 Å². The van der Waals surface area contributed by atoms with Crippen LogP contribution in [0, 0.1) is 22.7 Å². The Balaban J connectivity index is 2.00. The van der Waals surface area contributed by atoms with Gasteiger partial charge in [0, 0.05) is 12.8 Å². The van der Waals surface area contributed by atoms with Gasteiger partial charge >= 0.3 is 11.9 Å². The number of carbonyl (C=O) groups excluding carboxylic acids is 4. The molecule has 38 heavy (non-hydrogen) atoms. The Kier molecular flexibility index (Phi) is 10.1. The molecule has 0 spiro atoms. The van der Waals surface area contributed by atoms with Crippen molar-refractivity contribution in [2.24, 2.45) is 10.2 Å². The average molecular weight is 517 g/mol. The van der Waals surface area contributed by atoms with E-state index in [1.54, 1.807) is 36.4 Å². The van der Waals surface area contributed by atoms with Crippen molar-refractivity contribution in [2.75, 3.05) is 0 Å². The van der Waals surface area contributed by atoms with E-state index in [2.05, 4.69) is 10.2 Å². The number of hydrogen-bond acceptors (Lipinski definition) is 10. The number of nitrogens with zero attached hydrogens (tertiary/aromatic N) is 4.